The predicted octanol–water partition coefficient (Wildman–Crippen LogP) is 2.78. The summed E-state index contributed by atoms with van der Waals surface area (Å²) < 4.78 is 8.53. The molecule has 4 aromatic rings. The quantitative estimate of drug-likeness (QED) is 0.387. The Morgan fingerprint density at radius 2 is 2.15 bits per heavy atom. The van der Waals surface area contributed by atoms with Gasteiger partial charge in [0, 0.05) is 17.7 Å². The molecule has 0 unspecified atom stereocenters. The van der Waals surface area contributed by atoms with E-state index in [4.69, 9.17) is 16.3 Å². The average Bonchev–Trinajstić information content (AvgIpc) is 3.35. The minimum Gasteiger partial charge on any atom is -0.454 e. The van der Waals surface area contributed by atoms with E-state index >= 15 is 0 Å². The summed E-state index contributed by atoms with van der Waals surface area (Å²) >= 11 is 7.54. The molecule has 0 fully saturated rings. The number of carbonyl (C=O) groups excluding carboxylic acids is 1. The van der Waals surface area contributed by atoms with Crippen molar-refractivity contribution in [1.82, 2.24) is 29.6 Å². The van der Waals surface area contributed by atoms with Crippen molar-refractivity contribution < 1.29 is 9.53 Å². The third-order valence-electron chi connectivity index (χ3n) is 3.51. The van der Waals surface area contributed by atoms with Gasteiger partial charge in [-0.3, -0.25) is 4.40 Å². The number of hydrogen-bond acceptors (Lipinski definition) is 7. The molecule has 1 aromatic carbocycles. The SMILES string of the molecule is O=C(/C=C/c1c(Cl)nc2sccn12)OCc1nnnn1-c1ccccc1. The zero-order valence-corrected chi connectivity index (χ0v) is 14.8. The van der Waals surface area contributed by atoms with Crippen molar-refractivity contribution in [2.45, 2.75) is 6.61 Å². The first kappa shape index (κ1) is 16.4. The third-order valence-corrected chi connectivity index (χ3v) is 4.54. The van der Waals surface area contributed by atoms with Gasteiger partial charge < -0.3 is 4.74 Å². The largest absolute Gasteiger partial charge is 0.454 e. The third kappa shape index (κ3) is 3.22. The van der Waals surface area contributed by atoms with Gasteiger partial charge in [0.05, 0.1) is 11.4 Å². The molecule has 10 heteroatoms. The molecule has 26 heavy (non-hydrogen) atoms. The molecule has 0 aliphatic rings. The van der Waals surface area contributed by atoms with E-state index in [1.165, 1.54) is 22.1 Å². The van der Waals surface area contributed by atoms with Crippen molar-refractivity contribution in [3.8, 4) is 5.69 Å². The number of benzene rings is 1. The fraction of sp³-hybridized carbons (Fsp3) is 0.0625. The van der Waals surface area contributed by atoms with Gasteiger partial charge in [-0.1, -0.05) is 29.8 Å². The van der Waals surface area contributed by atoms with Crippen LogP contribution in [-0.2, 0) is 16.1 Å². The summed E-state index contributed by atoms with van der Waals surface area (Å²) in [5, 5.41) is 13.6. The van der Waals surface area contributed by atoms with Gasteiger partial charge in [-0.25, -0.2) is 9.78 Å². The number of para-hydroxylation sites is 1. The number of nitrogens with zero attached hydrogens (tertiary/aromatic N) is 6. The number of imidazole rings is 1. The Hall–Kier alpha value is -3.04. The zero-order valence-electron chi connectivity index (χ0n) is 13.2. The van der Waals surface area contributed by atoms with Crippen LogP contribution in [0.1, 0.15) is 11.5 Å². The first-order chi connectivity index (χ1) is 12.7. The van der Waals surface area contributed by atoms with Crippen molar-refractivity contribution in [1.29, 1.82) is 0 Å². The maximum atomic E-state index is 12.0. The second-order valence-corrected chi connectivity index (χ2v) is 6.36. The van der Waals surface area contributed by atoms with Crippen LogP contribution >= 0.6 is 22.9 Å². The monoisotopic (exact) mass is 386 g/mol. The topological polar surface area (TPSA) is 87.2 Å². The van der Waals surface area contributed by atoms with E-state index in [2.05, 4.69) is 20.5 Å². The molecule has 0 amide bonds. The van der Waals surface area contributed by atoms with Crippen LogP contribution in [0.3, 0.4) is 0 Å². The second kappa shape index (κ2) is 7.06. The van der Waals surface area contributed by atoms with Gasteiger partial charge in [0.2, 0.25) is 0 Å². The molecule has 3 aromatic heterocycles. The summed E-state index contributed by atoms with van der Waals surface area (Å²) in [5.41, 5.74) is 1.40. The fourth-order valence-corrected chi connectivity index (χ4v) is 3.33. The number of halogens is 1. The lowest BCUT2D eigenvalue weighted by Crippen LogP contribution is -2.08. The van der Waals surface area contributed by atoms with Crippen LogP contribution < -0.4 is 0 Å². The highest BCUT2D eigenvalue weighted by atomic mass is 35.5. The molecule has 130 valence electrons. The van der Waals surface area contributed by atoms with E-state index in [0.29, 0.717) is 16.7 Å². The highest BCUT2D eigenvalue weighted by Crippen LogP contribution is 2.22. The molecule has 0 saturated carbocycles. The Bertz CT molecular complexity index is 1080. The lowest BCUT2D eigenvalue weighted by atomic mass is 10.3. The predicted molar refractivity (Wildman–Crippen MR) is 96.1 cm³/mol. The van der Waals surface area contributed by atoms with Crippen molar-refractivity contribution in [3.63, 3.8) is 0 Å². The molecule has 0 bridgehead atoms. The van der Waals surface area contributed by atoms with E-state index in [1.54, 1.807) is 10.5 Å². The zero-order chi connectivity index (χ0) is 17.9. The van der Waals surface area contributed by atoms with Gasteiger partial charge in [0.15, 0.2) is 22.5 Å². The van der Waals surface area contributed by atoms with E-state index in [0.717, 1.165) is 10.6 Å². The molecular formula is C16H11ClN6O2S. The number of carbonyl (C=O) groups is 1. The Morgan fingerprint density at radius 3 is 3.00 bits per heavy atom. The van der Waals surface area contributed by atoms with E-state index in [1.807, 2.05) is 41.9 Å². The summed E-state index contributed by atoms with van der Waals surface area (Å²) in [7, 11) is 0. The Morgan fingerprint density at radius 1 is 1.31 bits per heavy atom. The number of hydrogen-bond donors (Lipinski definition) is 0. The first-order valence-corrected chi connectivity index (χ1v) is 8.77. The van der Waals surface area contributed by atoms with Crippen LogP contribution in [0.4, 0.5) is 0 Å². The van der Waals surface area contributed by atoms with Crippen molar-refractivity contribution in [3.05, 3.63) is 64.7 Å². The van der Waals surface area contributed by atoms with Crippen LogP contribution in [0.25, 0.3) is 16.7 Å². The molecule has 0 atom stereocenters. The average molecular weight is 387 g/mol. The summed E-state index contributed by atoms with van der Waals surface area (Å²) in [5.74, 6) is -0.116. The second-order valence-electron chi connectivity index (χ2n) is 5.13. The van der Waals surface area contributed by atoms with Gasteiger partial charge >= 0.3 is 5.97 Å². The molecule has 4 rings (SSSR count). The van der Waals surface area contributed by atoms with Gasteiger partial charge in [-0.2, -0.15) is 4.68 Å². The number of esters is 1. The number of ether oxygens (including phenoxy) is 1. The molecular weight excluding hydrogens is 376 g/mol. The lowest BCUT2D eigenvalue weighted by Gasteiger charge is -2.04. The minimum absolute atomic E-state index is 0.0565. The molecule has 0 N–H and O–H groups in total. The summed E-state index contributed by atoms with van der Waals surface area (Å²) in [6.45, 7) is -0.0565. The van der Waals surface area contributed by atoms with Gasteiger partial charge in [0.25, 0.3) is 0 Å². The normalized spacial score (nSPS) is 11.4. The number of fused-ring (bicyclic) bond motifs is 1. The van der Waals surface area contributed by atoms with Gasteiger partial charge in [-0.15, -0.1) is 16.4 Å². The summed E-state index contributed by atoms with van der Waals surface area (Å²) in [6, 6.07) is 9.35. The highest BCUT2D eigenvalue weighted by Gasteiger charge is 2.11. The molecule has 0 aliphatic carbocycles. The summed E-state index contributed by atoms with van der Waals surface area (Å²) in [4.78, 5) is 17.0. The van der Waals surface area contributed by atoms with Crippen molar-refractivity contribution in [2.75, 3.05) is 0 Å². The molecule has 3 heterocycles. The molecule has 8 nitrogen and oxygen atoms in total. The summed E-state index contributed by atoms with van der Waals surface area (Å²) in [6.07, 6.45) is 4.69. The fourth-order valence-electron chi connectivity index (χ4n) is 2.32. The van der Waals surface area contributed by atoms with Crippen LogP contribution in [0.15, 0.2) is 48.0 Å². The van der Waals surface area contributed by atoms with Crippen LogP contribution in [0.5, 0.6) is 0 Å². The number of rotatable bonds is 5. The number of tetrazole rings is 1. The van der Waals surface area contributed by atoms with Crippen LogP contribution in [0.2, 0.25) is 5.15 Å². The maximum absolute atomic E-state index is 12.0. The minimum atomic E-state index is -0.533. The van der Waals surface area contributed by atoms with E-state index in [9.17, 15) is 4.79 Å². The molecule has 0 aliphatic heterocycles. The smallest absolute Gasteiger partial charge is 0.331 e. The van der Waals surface area contributed by atoms with Crippen LogP contribution in [-0.4, -0.2) is 35.6 Å². The standard InChI is InChI=1S/C16H11ClN6O2S/c17-15-12(22-8-9-26-16(22)18-15)6-7-14(24)25-10-13-19-20-21-23(13)11-4-2-1-3-5-11/h1-9H,10H2/b7-6+. The highest BCUT2D eigenvalue weighted by molar-refractivity contribution is 7.15. The maximum Gasteiger partial charge on any atom is 0.331 e. The Labute approximate surface area is 156 Å². The first-order valence-electron chi connectivity index (χ1n) is 7.51. The van der Waals surface area contributed by atoms with Crippen molar-refractivity contribution in [2.24, 2.45) is 0 Å². The number of thiazole rings is 1. The van der Waals surface area contributed by atoms with Crippen LogP contribution in [0, 0.1) is 0 Å². The lowest BCUT2D eigenvalue weighted by molar-refractivity contribution is -0.139. The Balaban J connectivity index is 1.44. The molecule has 0 radical (unpaired) electrons. The van der Waals surface area contributed by atoms with Gasteiger partial charge in [0.1, 0.15) is 0 Å². The number of aromatic nitrogens is 6. The van der Waals surface area contributed by atoms with E-state index in [-0.39, 0.29) is 6.61 Å². The Kier molecular flexibility index (Phi) is 4.46. The molecule has 0 spiro atoms. The van der Waals surface area contributed by atoms with Crippen molar-refractivity contribution >= 4 is 39.9 Å². The molecule has 0 saturated heterocycles. The van der Waals surface area contributed by atoms with Gasteiger partial charge in [-0.05, 0) is 28.6 Å². The van der Waals surface area contributed by atoms with E-state index < -0.39 is 5.97 Å².